The van der Waals surface area contributed by atoms with Crippen molar-refractivity contribution in [1.29, 1.82) is 0 Å². The second-order valence-electron chi connectivity index (χ2n) is 4.71. The zero-order valence-corrected chi connectivity index (χ0v) is 10.7. The molecule has 98 valence electrons. The van der Waals surface area contributed by atoms with Crippen molar-refractivity contribution in [3.8, 4) is 11.3 Å². The zero-order valence-electron chi connectivity index (χ0n) is 10.7. The van der Waals surface area contributed by atoms with Gasteiger partial charge in [-0.1, -0.05) is 0 Å². The minimum absolute atomic E-state index is 0.557. The highest BCUT2D eigenvalue weighted by Crippen LogP contribution is 2.15. The van der Waals surface area contributed by atoms with Gasteiger partial charge >= 0.3 is 0 Å². The van der Waals surface area contributed by atoms with Crippen LogP contribution >= 0.6 is 0 Å². The number of rotatable bonds is 4. The fraction of sp³-hybridized carbons (Fsp3) is 0.357. The molecule has 0 aliphatic carbocycles. The van der Waals surface area contributed by atoms with Crippen LogP contribution in [0.2, 0.25) is 0 Å². The van der Waals surface area contributed by atoms with Crippen LogP contribution in [0.1, 0.15) is 12.8 Å². The Morgan fingerprint density at radius 2 is 2.05 bits per heavy atom. The molecule has 3 heterocycles. The molecule has 19 heavy (non-hydrogen) atoms. The van der Waals surface area contributed by atoms with Crippen molar-refractivity contribution < 1.29 is 0 Å². The molecule has 1 atom stereocenters. The highest BCUT2D eigenvalue weighted by atomic mass is 15.2. The average Bonchev–Trinajstić information content (AvgIpc) is 3.00. The van der Waals surface area contributed by atoms with E-state index in [0.717, 1.165) is 30.2 Å². The maximum absolute atomic E-state index is 4.23. The van der Waals surface area contributed by atoms with Gasteiger partial charge in [0.15, 0.2) is 0 Å². The predicted molar refractivity (Wildman–Crippen MR) is 74.8 cm³/mol. The van der Waals surface area contributed by atoms with Gasteiger partial charge in [-0.3, -0.25) is 4.98 Å². The van der Waals surface area contributed by atoms with Crippen LogP contribution in [0.5, 0.6) is 0 Å². The number of pyridine rings is 1. The topological polar surface area (TPSA) is 62.7 Å². The molecule has 0 spiro atoms. The van der Waals surface area contributed by atoms with E-state index >= 15 is 0 Å². The van der Waals surface area contributed by atoms with Gasteiger partial charge in [-0.15, -0.1) is 10.2 Å². The lowest BCUT2D eigenvalue weighted by Gasteiger charge is -2.11. The lowest BCUT2D eigenvalue weighted by molar-refractivity contribution is 0.632. The van der Waals surface area contributed by atoms with Gasteiger partial charge in [0.1, 0.15) is 5.82 Å². The molecule has 5 heteroatoms. The van der Waals surface area contributed by atoms with Crippen molar-refractivity contribution in [3.05, 3.63) is 36.7 Å². The maximum atomic E-state index is 4.23. The molecule has 1 fully saturated rings. The third-order valence-corrected chi connectivity index (χ3v) is 3.33. The summed E-state index contributed by atoms with van der Waals surface area (Å²) in [5, 5.41) is 15.2. The number of hydrogen-bond donors (Lipinski definition) is 2. The van der Waals surface area contributed by atoms with Gasteiger partial charge in [-0.05, 0) is 43.7 Å². The summed E-state index contributed by atoms with van der Waals surface area (Å²) in [5.74, 6) is 0.825. The van der Waals surface area contributed by atoms with Crippen molar-refractivity contribution in [1.82, 2.24) is 20.5 Å². The van der Waals surface area contributed by atoms with E-state index in [1.54, 1.807) is 12.4 Å². The van der Waals surface area contributed by atoms with Crippen LogP contribution in [0, 0.1) is 0 Å². The summed E-state index contributed by atoms with van der Waals surface area (Å²) in [7, 11) is 0. The molecule has 0 amide bonds. The Morgan fingerprint density at radius 3 is 2.74 bits per heavy atom. The summed E-state index contributed by atoms with van der Waals surface area (Å²) in [6, 6.07) is 8.37. The van der Waals surface area contributed by atoms with Gasteiger partial charge < -0.3 is 10.6 Å². The smallest absolute Gasteiger partial charge is 0.148 e. The summed E-state index contributed by atoms with van der Waals surface area (Å²) < 4.78 is 0. The monoisotopic (exact) mass is 255 g/mol. The third kappa shape index (κ3) is 3.06. The van der Waals surface area contributed by atoms with Gasteiger partial charge in [0.2, 0.25) is 0 Å². The summed E-state index contributed by atoms with van der Waals surface area (Å²) in [6.07, 6.45) is 6.01. The average molecular weight is 255 g/mol. The molecule has 0 aromatic carbocycles. The first-order chi connectivity index (χ1) is 9.42. The van der Waals surface area contributed by atoms with Gasteiger partial charge in [0, 0.05) is 30.5 Å². The first-order valence-electron chi connectivity index (χ1n) is 6.63. The molecule has 1 saturated heterocycles. The first kappa shape index (κ1) is 12.0. The summed E-state index contributed by atoms with van der Waals surface area (Å²) in [4.78, 5) is 3.99. The lowest BCUT2D eigenvalue weighted by Crippen LogP contribution is -2.29. The summed E-state index contributed by atoms with van der Waals surface area (Å²) in [5.41, 5.74) is 1.90. The van der Waals surface area contributed by atoms with Crippen molar-refractivity contribution in [2.24, 2.45) is 0 Å². The molecule has 2 aromatic rings. The highest BCUT2D eigenvalue weighted by Gasteiger charge is 2.13. The maximum Gasteiger partial charge on any atom is 0.148 e. The van der Waals surface area contributed by atoms with E-state index in [-0.39, 0.29) is 0 Å². The van der Waals surface area contributed by atoms with Crippen LogP contribution in [0.15, 0.2) is 36.7 Å². The molecule has 3 rings (SSSR count). The highest BCUT2D eigenvalue weighted by molar-refractivity contribution is 5.58. The zero-order chi connectivity index (χ0) is 12.9. The largest absolute Gasteiger partial charge is 0.367 e. The normalized spacial score (nSPS) is 18.4. The van der Waals surface area contributed by atoms with E-state index in [1.165, 1.54) is 12.8 Å². The van der Waals surface area contributed by atoms with Gasteiger partial charge in [-0.2, -0.15) is 0 Å². The Labute approximate surface area is 112 Å². The van der Waals surface area contributed by atoms with E-state index in [4.69, 9.17) is 0 Å². The van der Waals surface area contributed by atoms with Crippen LogP contribution < -0.4 is 10.6 Å². The Balaban J connectivity index is 1.62. The van der Waals surface area contributed by atoms with Gasteiger partial charge in [0.25, 0.3) is 0 Å². The van der Waals surface area contributed by atoms with Crippen LogP contribution in [0.4, 0.5) is 5.82 Å². The molecule has 2 N–H and O–H groups in total. The Morgan fingerprint density at radius 1 is 1.16 bits per heavy atom. The minimum atomic E-state index is 0.557. The predicted octanol–water partition coefficient (Wildman–Crippen LogP) is 1.70. The van der Waals surface area contributed by atoms with Gasteiger partial charge in [0.05, 0.1) is 5.69 Å². The van der Waals surface area contributed by atoms with Gasteiger partial charge in [-0.25, -0.2) is 0 Å². The summed E-state index contributed by atoms with van der Waals surface area (Å²) in [6.45, 7) is 2.03. The summed E-state index contributed by atoms with van der Waals surface area (Å²) >= 11 is 0. The fourth-order valence-corrected chi connectivity index (χ4v) is 2.26. The number of nitrogens with one attached hydrogen (secondary N) is 2. The molecular weight excluding hydrogens is 238 g/mol. The standard InChI is InChI=1S/C14H17N5/c1-2-12(16-7-1)10-17-14-4-3-13(18-19-14)11-5-8-15-9-6-11/h3-6,8-9,12,16H,1-2,7,10H2,(H,17,19). The molecule has 2 aromatic heterocycles. The van der Waals surface area contributed by atoms with Crippen LogP contribution in [0.3, 0.4) is 0 Å². The van der Waals surface area contributed by atoms with Crippen LogP contribution in [-0.4, -0.2) is 34.3 Å². The van der Waals surface area contributed by atoms with Crippen LogP contribution in [0.25, 0.3) is 11.3 Å². The molecule has 0 radical (unpaired) electrons. The number of hydrogen-bond acceptors (Lipinski definition) is 5. The SMILES string of the molecule is c1cc(-c2ccc(NCC3CCCN3)nn2)ccn1. The van der Waals surface area contributed by atoms with Crippen LogP contribution in [-0.2, 0) is 0 Å². The second kappa shape index (κ2) is 5.75. The quantitative estimate of drug-likeness (QED) is 0.870. The van der Waals surface area contributed by atoms with E-state index < -0.39 is 0 Å². The number of anilines is 1. The Kier molecular flexibility index (Phi) is 3.65. The van der Waals surface area contributed by atoms with Crippen molar-refractivity contribution in [3.63, 3.8) is 0 Å². The molecule has 1 aliphatic rings. The Bertz CT molecular complexity index is 505. The molecule has 0 bridgehead atoms. The first-order valence-corrected chi connectivity index (χ1v) is 6.63. The van der Waals surface area contributed by atoms with E-state index in [1.807, 2.05) is 24.3 Å². The molecule has 1 aliphatic heterocycles. The fourth-order valence-electron chi connectivity index (χ4n) is 2.26. The van der Waals surface area contributed by atoms with E-state index in [9.17, 15) is 0 Å². The number of aromatic nitrogens is 3. The lowest BCUT2D eigenvalue weighted by atomic mass is 10.2. The number of nitrogens with zero attached hydrogens (tertiary/aromatic N) is 3. The third-order valence-electron chi connectivity index (χ3n) is 3.33. The van der Waals surface area contributed by atoms with Crippen molar-refractivity contribution in [2.45, 2.75) is 18.9 Å². The van der Waals surface area contributed by atoms with Crippen molar-refractivity contribution in [2.75, 3.05) is 18.4 Å². The van der Waals surface area contributed by atoms with E-state index in [2.05, 4.69) is 25.8 Å². The molecule has 5 nitrogen and oxygen atoms in total. The minimum Gasteiger partial charge on any atom is -0.367 e. The molecular formula is C14H17N5. The Hall–Kier alpha value is -2.01. The molecule has 0 saturated carbocycles. The molecule has 1 unspecified atom stereocenters. The van der Waals surface area contributed by atoms with Crippen molar-refractivity contribution >= 4 is 5.82 Å². The van der Waals surface area contributed by atoms with E-state index in [0.29, 0.717) is 6.04 Å². The second-order valence-corrected chi connectivity index (χ2v) is 4.71.